The van der Waals surface area contributed by atoms with Crippen LogP contribution in [0.25, 0.3) is 0 Å². The second kappa shape index (κ2) is 10.6. The van der Waals surface area contributed by atoms with Gasteiger partial charge in [0.1, 0.15) is 11.6 Å². The van der Waals surface area contributed by atoms with E-state index < -0.39 is 6.10 Å². The summed E-state index contributed by atoms with van der Waals surface area (Å²) in [5.41, 5.74) is 3.04. The molecular formula is C28H35FN2O3. The topological polar surface area (TPSA) is 49.9 Å². The van der Waals surface area contributed by atoms with Gasteiger partial charge in [-0.15, -0.1) is 0 Å². The molecule has 6 heteroatoms. The van der Waals surface area contributed by atoms with Crippen LogP contribution in [0.4, 0.5) is 4.39 Å². The fraction of sp³-hybridized carbons (Fsp3) is 0.500. The van der Waals surface area contributed by atoms with Crippen LogP contribution in [0.3, 0.4) is 0 Å². The van der Waals surface area contributed by atoms with Crippen molar-refractivity contribution >= 4 is 11.8 Å². The molecule has 0 bridgehead atoms. The van der Waals surface area contributed by atoms with Gasteiger partial charge in [0.25, 0.3) is 5.91 Å². The van der Waals surface area contributed by atoms with Gasteiger partial charge in [-0.25, -0.2) is 4.39 Å². The number of amides is 2. The molecule has 0 spiro atoms. The number of nitrogens with zero attached hydrogens (tertiary/aromatic N) is 2. The van der Waals surface area contributed by atoms with Crippen molar-refractivity contribution in [2.75, 3.05) is 20.1 Å². The standard InChI is InChI=1S/C28H35FN2O3/c1-4-25(28(33)30(3)5-2)34-23-15-12-19-16-17-31(27(32)21-8-6-7-9-21)26(24(19)18-23)20-10-13-22(29)14-11-20/h10-15,18,21,25-26H,4-9,16-17H2,1-3H3. The Morgan fingerprint density at radius 1 is 1.12 bits per heavy atom. The van der Waals surface area contributed by atoms with Crippen LogP contribution < -0.4 is 4.74 Å². The monoisotopic (exact) mass is 466 g/mol. The normalized spacial score (nSPS) is 18.9. The van der Waals surface area contributed by atoms with E-state index >= 15 is 0 Å². The molecule has 1 aliphatic carbocycles. The Hall–Kier alpha value is -2.89. The van der Waals surface area contributed by atoms with Crippen molar-refractivity contribution < 1.29 is 18.7 Å². The number of hydrogen-bond donors (Lipinski definition) is 0. The van der Waals surface area contributed by atoms with Gasteiger partial charge >= 0.3 is 0 Å². The molecule has 2 aromatic rings. The Morgan fingerprint density at radius 2 is 1.82 bits per heavy atom. The fourth-order valence-corrected chi connectivity index (χ4v) is 5.19. The molecule has 0 saturated heterocycles. The number of benzene rings is 2. The first-order valence-electron chi connectivity index (χ1n) is 12.5. The first-order valence-corrected chi connectivity index (χ1v) is 12.5. The van der Waals surface area contributed by atoms with E-state index in [1.807, 2.05) is 36.9 Å². The summed E-state index contributed by atoms with van der Waals surface area (Å²) in [6.45, 7) is 5.14. The van der Waals surface area contributed by atoms with Crippen molar-refractivity contribution in [1.82, 2.24) is 9.80 Å². The lowest BCUT2D eigenvalue weighted by atomic mass is 9.87. The maximum Gasteiger partial charge on any atom is 0.263 e. The van der Waals surface area contributed by atoms with Crippen LogP contribution in [0, 0.1) is 11.7 Å². The van der Waals surface area contributed by atoms with Crippen molar-refractivity contribution in [3.63, 3.8) is 0 Å². The lowest BCUT2D eigenvalue weighted by Gasteiger charge is -2.39. The predicted molar refractivity (Wildman–Crippen MR) is 130 cm³/mol. The van der Waals surface area contributed by atoms with E-state index in [1.54, 1.807) is 24.1 Å². The number of fused-ring (bicyclic) bond motifs is 1. The number of likely N-dealkylation sites (N-methyl/N-ethyl adjacent to an activating group) is 1. The Balaban J connectivity index is 1.69. The first-order chi connectivity index (χ1) is 16.4. The largest absolute Gasteiger partial charge is 0.481 e. The quantitative estimate of drug-likeness (QED) is 0.569. The average molecular weight is 467 g/mol. The van der Waals surface area contributed by atoms with E-state index in [-0.39, 0.29) is 29.6 Å². The van der Waals surface area contributed by atoms with Gasteiger partial charge < -0.3 is 14.5 Å². The summed E-state index contributed by atoms with van der Waals surface area (Å²) < 4.78 is 19.9. The van der Waals surface area contributed by atoms with E-state index in [2.05, 4.69) is 0 Å². The summed E-state index contributed by atoms with van der Waals surface area (Å²) in [5, 5.41) is 0. The molecular weight excluding hydrogens is 431 g/mol. The molecule has 1 saturated carbocycles. The lowest BCUT2D eigenvalue weighted by molar-refractivity contribution is -0.137. The first kappa shape index (κ1) is 24.2. The number of rotatable bonds is 7. The SMILES string of the molecule is CCC(Oc1ccc2c(c1)C(c1ccc(F)cc1)N(C(=O)C1CCCC1)CC2)C(=O)N(C)CC. The van der Waals surface area contributed by atoms with Crippen molar-refractivity contribution in [2.45, 2.75) is 64.5 Å². The van der Waals surface area contributed by atoms with Crippen LogP contribution in [-0.2, 0) is 16.0 Å². The molecule has 1 aliphatic heterocycles. The molecule has 2 aromatic carbocycles. The Bertz CT molecular complexity index is 1020. The highest BCUT2D eigenvalue weighted by molar-refractivity contribution is 5.81. The highest BCUT2D eigenvalue weighted by Crippen LogP contribution is 2.40. The van der Waals surface area contributed by atoms with E-state index in [0.717, 1.165) is 48.8 Å². The third-order valence-corrected chi connectivity index (χ3v) is 7.29. The molecule has 2 atom stereocenters. The minimum absolute atomic E-state index is 0.0455. The van der Waals surface area contributed by atoms with Crippen LogP contribution >= 0.6 is 0 Å². The Kier molecular flexibility index (Phi) is 7.54. The van der Waals surface area contributed by atoms with Gasteiger partial charge in [0.05, 0.1) is 6.04 Å². The van der Waals surface area contributed by atoms with Crippen LogP contribution in [0.5, 0.6) is 5.75 Å². The number of carbonyl (C=O) groups excluding carboxylic acids is 2. The third-order valence-electron chi connectivity index (χ3n) is 7.29. The van der Waals surface area contributed by atoms with Crippen molar-refractivity contribution in [1.29, 1.82) is 0 Å². The van der Waals surface area contributed by atoms with Gasteiger partial charge in [0.15, 0.2) is 6.10 Å². The minimum atomic E-state index is -0.563. The Morgan fingerprint density at radius 3 is 2.47 bits per heavy atom. The summed E-state index contributed by atoms with van der Waals surface area (Å²) >= 11 is 0. The maximum atomic E-state index is 13.7. The summed E-state index contributed by atoms with van der Waals surface area (Å²) in [4.78, 5) is 29.9. The van der Waals surface area contributed by atoms with Crippen molar-refractivity contribution in [3.05, 3.63) is 65.0 Å². The number of carbonyl (C=O) groups is 2. The molecule has 5 nitrogen and oxygen atoms in total. The number of hydrogen-bond acceptors (Lipinski definition) is 3. The maximum absolute atomic E-state index is 13.7. The number of ether oxygens (including phenoxy) is 1. The second-order valence-electron chi connectivity index (χ2n) is 9.44. The third kappa shape index (κ3) is 4.96. The van der Waals surface area contributed by atoms with Crippen LogP contribution in [0.1, 0.15) is 68.7 Å². The van der Waals surface area contributed by atoms with Gasteiger partial charge in [-0.1, -0.05) is 38.0 Å². The molecule has 182 valence electrons. The van der Waals surface area contributed by atoms with Crippen LogP contribution in [0.15, 0.2) is 42.5 Å². The summed E-state index contributed by atoms with van der Waals surface area (Å²) in [6, 6.07) is 12.1. The molecule has 34 heavy (non-hydrogen) atoms. The lowest BCUT2D eigenvalue weighted by Crippen LogP contribution is -2.43. The van der Waals surface area contributed by atoms with Gasteiger partial charge in [-0.05, 0) is 73.6 Å². The van der Waals surface area contributed by atoms with E-state index in [4.69, 9.17) is 4.74 Å². The van der Waals surface area contributed by atoms with Crippen LogP contribution in [-0.4, -0.2) is 47.9 Å². The molecule has 1 heterocycles. The highest BCUT2D eigenvalue weighted by Gasteiger charge is 2.36. The van der Waals surface area contributed by atoms with Crippen molar-refractivity contribution in [2.24, 2.45) is 5.92 Å². The zero-order valence-electron chi connectivity index (χ0n) is 20.4. The zero-order chi connectivity index (χ0) is 24.2. The average Bonchev–Trinajstić information content (AvgIpc) is 3.41. The molecule has 4 rings (SSSR count). The number of halogens is 1. The molecule has 2 unspecified atom stereocenters. The zero-order valence-corrected chi connectivity index (χ0v) is 20.4. The molecule has 2 amide bonds. The fourth-order valence-electron chi connectivity index (χ4n) is 5.19. The van der Waals surface area contributed by atoms with Gasteiger partial charge in [0, 0.05) is 26.1 Å². The molecule has 0 radical (unpaired) electrons. The van der Waals surface area contributed by atoms with E-state index in [0.29, 0.717) is 25.3 Å². The van der Waals surface area contributed by atoms with Gasteiger partial charge in [-0.3, -0.25) is 9.59 Å². The second-order valence-corrected chi connectivity index (χ2v) is 9.44. The summed E-state index contributed by atoms with van der Waals surface area (Å²) in [5.74, 6) is 0.530. The van der Waals surface area contributed by atoms with E-state index in [1.165, 1.54) is 12.1 Å². The molecule has 0 aromatic heterocycles. The smallest absolute Gasteiger partial charge is 0.263 e. The summed E-state index contributed by atoms with van der Waals surface area (Å²) in [6.07, 6.45) is 4.83. The van der Waals surface area contributed by atoms with E-state index in [9.17, 15) is 14.0 Å². The van der Waals surface area contributed by atoms with Crippen molar-refractivity contribution in [3.8, 4) is 5.75 Å². The molecule has 2 aliphatic rings. The summed E-state index contributed by atoms with van der Waals surface area (Å²) in [7, 11) is 1.78. The Labute approximate surface area is 201 Å². The highest BCUT2D eigenvalue weighted by atomic mass is 19.1. The van der Waals surface area contributed by atoms with Gasteiger partial charge in [-0.2, -0.15) is 0 Å². The molecule has 0 N–H and O–H groups in total. The minimum Gasteiger partial charge on any atom is -0.481 e. The predicted octanol–water partition coefficient (Wildman–Crippen LogP) is 5.13. The van der Waals surface area contributed by atoms with Crippen LogP contribution in [0.2, 0.25) is 0 Å². The van der Waals surface area contributed by atoms with Gasteiger partial charge in [0.2, 0.25) is 5.91 Å². The molecule has 1 fully saturated rings.